The molecule has 0 spiro atoms. The average molecular weight is 292 g/mol. The molecule has 0 amide bonds. The molecule has 0 aliphatic rings. The fraction of sp³-hybridized carbons (Fsp3) is 0.765. The molecule has 1 heterocycles. The Kier molecular flexibility index (Phi) is 6.93. The second-order valence-electron chi connectivity index (χ2n) is 6.28. The third-order valence-corrected chi connectivity index (χ3v) is 3.79. The highest BCUT2D eigenvalue weighted by Gasteiger charge is 2.19. The molecule has 120 valence electrons. The van der Waals surface area contributed by atoms with E-state index in [1.54, 1.807) is 0 Å². The molecule has 0 atom stereocenters. The monoisotopic (exact) mass is 292 g/mol. The molecule has 0 unspecified atom stereocenters. The minimum absolute atomic E-state index is 0.334. The third kappa shape index (κ3) is 4.58. The number of hydrogen-bond acceptors (Lipinski definition) is 4. The maximum Gasteiger partial charge on any atom is 0.137 e. The van der Waals surface area contributed by atoms with Crippen LogP contribution in [0.15, 0.2) is 0 Å². The van der Waals surface area contributed by atoms with E-state index in [-0.39, 0.29) is 0 Å². The Morgan fingerprint density at radius 1 is 1.10 bits per heavy atom. The number of aromatic nitrogens is 2. The molecule has 1 rings (SSSR count). The molecule has 0 bridgehead atoms. The molecule has 0 fully saturated rings. The zero-order chi connectivity index (χ0) is 16.0. The van der Waals surface area contributed by atoms with Crippen molar-refractivity contribution in [3.63, 3.8) is 0 Å². The van der Waals surface area contributed by atoms with E-state index >= 15 is 0 Å². The van der Waals surface area contributed by atoms with Gasteiger partial charge in [0.2, 0.25) is 0 Å². The van der Waals surface area contributed by atoms with E-state index < -0.39 is 0 Å². The molecule has 4 nitrogen and oxygen atoms in total. The first-order chi connectivity index (χ1) is 9.92. The van der Waals surface area contributed by atoms with Crippen LogP contribution in [0, 0.1) is 6.92 Å². The molecular weight excluding hydrogens is 260 g/mol. The van der Waals surface area contributed by atoms with Crippen molar-refractivity contribution in [1.29, 1.82) is 0 Å². The van der Waals surface area contributed by atoms with Gasteiger partial charge in [-0.25, -0.2) is 9.97 Å². The molecule has 4 heteroatoms. The van der Waals surface area contributed by atoms with Crippen LogP contribution in [-0.2, 0) is 0 Å². The van der Waals surface area contributed by atoms with Crippen LogP contribution in [0.4, 0.5) is 11.6 Å². The summed E-state index contributed by atoms with van der Waals surface area (Å²) in [6, 6.07) is 0.445. The van der Waals surface area contributed by atoms with Gasteiger partial charge in [0.05, 0.1) is 0 Å². The molecule has 0 radical (unpaired) electrons. The van der Waals surface area contributed by atoms with Crippen molar-refractivity contribution < 1.29 is 0 Å². The molecule has 0 saturated carbocycles. The summed E-state index contributed by atoms with van der Waals surface area (Å²) in [5.41, 5.74) is 1.15. The van der Waals surface area contributed by atoms with Gasteiger partial charge < -0.3 is 10.2 Å². The van der Waals surface area contributed by atoms with E-state index in [0.29, 0.717) is 12.0 Å². The molecule has 1 aromatic heterocycles. The van der Waals surface area contributed by atoms with Gasteiger partial charge in [-0.05, 0) is 27.2 Å². The van der Waals surface area contributed by atoms with E-state index in [1.807, 2.05) is 7.05 Å². The molecule has 0 saturated heterocycles. The van der Waals surface area contributed by atoms with Crippen LogP contribution in [0.25, 0.3) is 0 Å². The summed E-state index contributed by atoms with van der Waals surface area (Å²) in [5, 5.41) is 3.21. The zero-order valence-corrected chi connectivity index (χ0v) is 14.8. The van der Waals surface area contributed by atoms with Crippen LogP contribution in [-0.4, -0.2) is 29.6 Å². The topological polar surface area (TPSA) is 41.1 Å². The van der Waals surface area contributed by atoms with Gasteiger partial charge >= 0.3 is 0 Å². The quantitative estimate of drug-likeness (QED) is 0.723. The maximum atomic E-state index is 4.86. The smallest absolute Gasteiger partial charge is 0.137 e. The largest absolute Gasteiger partial charge is 0.373 e. The van der Waals surface area contributed by atoms with Crippen LogP contribution in [0.2, 0.25) is 0 Å². The zero-order valence-electron chi connectivity index (χ0n) is 14.8. The van der Waals surface area contributed by atoms with Gasteiger partial charge in [-0.3, -0.25) is 0 Å². The first kappa shape index (κ1) is 17.7. The fourth-order valence-electron chi connectivity index (χ4n) is 2.44. The summed E-state index contributed by atoms with van der Waals surface area (Å²) in [6.45, 7) is 14.2. The molecule has 1 aromatic rings. The van der Waals surface area contributed by atoms with Crippen LogP contribution < -0.4 is 10.2 Å². The summed E-state index contributed by atoms with van der Waals surface area (Å²) >= 11 is 0. The Balaban J connectivity index is 3.18. The normalized spacial score (nSPS) is 11.3. The number of anilines is 2. The van der Waals surface area contributed by atoms with Crippen LogP contribution in [0.3, 0.4) is 0 Å². The van der Waals surface area contributed by atoms with Gasteiger partial charge in [0.15, 0.2) is 0 Å². The lowest BCUT2D eigenvalue weighted by Gasteiger charge is -2.30. The Morgan fingerprint density at radius 3 is 2.24 bits per heavy atom. The van der Waals surface area contributed by atoms with Crippen LogP contribution >= 0.6 is 0 Å². The predicted molar refractivity (Wildman–Crippen MR) is 92.4 cm³/mol. The lowest BCUT2D eigenvalue weighted by Crippen LogP contribution is -2.33. The number of rotatable bonds is 8. The summed E-state index contributed by atoms with van der Waals surface area (Å²) in [7, 11) is 1.93. The second-order valence-corrected chi connectivity index (χ2v) is 6.28. The van der Waals surface area contributed by atoms with Gasteiger partial charge in [0, 0.05) is 31.1 Å². The number of nitrogens with one attached hydrogen (secondary N) is 1. The maximum absolute atomic E-state index is 4.86. The van der Waals surface area contributed by atoms with Crippen molar-refractivity contribution in [2.75, 3.05) is 23.8 Å². The number of nitrogens with zero attached hydrogens (tertiary/aromatic N) is 3. The van der Waals surface area contributed by atoms with Gasteiger partial charge in [-0.2, -0.15) is 0 Å². The molecular formula is C17H32N4. The van der Waals surface area contributed by atoms with Crippen molar-refractivity contribution in [2.45, 2.75) is 72.8 Å². The highest BCUT2D eigenvalue weighted by Crippen LogP contribution is 2.27. The standard InChI is InChI=1S/C17H32N4/c1-8-9-10-11-21(13(4)5)17-14(6)16(18-7)19-15(20-17)12(2)3/h12-13H,8-11H2,1-7H3,(H,18,19,20). The highest BCUT2D eigenvalue weighted by atomic mass is 15.2. The second kappa shape index (κ2) is 8.20. The Bertz CT molecular complexity index is 441. The Labute approximate surface area is 130 Å². The van der Waals surface area contributed by atoms with Gasteiger partial charge in [-0.15, -0.1) is 0 Å². The third-order valence-electron chi connectivity index (χ3n) is 3.79. The molecule has 21 heavy (non-hydrogen) atoms. The van der Waals surface area contributed by atoms with E-state index in [1.165, 1.54) is 19.3 Å². The molecule has 0 aliphatic heterocycles. The van der Waals surface area contributed by atoms with Crippen molar-refractivity contribution in [3.05, 3.63) is 11.4 Å². The van der Waals surface area contributed by atoms with E-state index in [4.69, 9.17) is 4.98 Å². The first-order valence-corrected chi connectivity index (χ1v) is 8.25. The number of unbranched alkanes of at least 4 members (excludes halogenated alkanes) is 2. The summed E-state index contributed by atoms with van der Waals surface area (Å²) in [5.74, 6) is 3.29. The summed E-state index contributed by atoms with van der Waals surface area (Å²) in [4.78, 5) is 11.9. The Hall–Kier alpha value is -1.32. The number of hydrogen-bond donors (Lipinski definition) is 1. The summed E-state index contributed by atoms with van der Waals surface area (Å²) < 4.78 is 0. The highest BCUT2D eigenvalue weighted by molar-refractivity contribution is 5.59. The van der Waals surface area contributed by atoms with Crippen LogP contribution in [0.5, 0.6) is 0 Å². The van der Waals surface area contributed by atoms with Gasteiger partial charge in [0.25, 0.3) is 0 Å². The fourth-order valence-corrected chi connectivity index (χ4v) is 2.44. The average Bonchev–Trinajstić information content (AvgIpc) is 2.44. The first-order valence-electron chi connectivity index (χ1n) is 8.25. The lowest BCUT2D eigenvalue weighted by molar-refractivity contribution is 0.614. The van der Waals surface area contributed by atoms with Gasteiger partial charge in [-0.1, -0.05) is 33.6 Å². The van der Waals surface area contributed by atoms with E-state index in [2.05, 4.69) is 56.7 Å². The predicted octanol–water partition coefficient (Wildman–Crippen LogP) is 4.36. The van der Waals surface area contributed by atoms with Gasteiger partial charge in [0.1, 0.15) is 17.5 Å². The minimum atomic E-state index is 0.334. The van der Waals surface area contributed by atoms with Crippen LogP contribution in [0.1, 0.15) is 71.2 Å². The SMILES string of the molecule is CCCCCN(c1nc(C(C)C)nc(NC)c1C)C(C)C. The minimum Gasteiger partial charge on any atom is -0.373 e. The molecule has 0 aliphatic carbocycles. The Morgan fingerprint density at radius 2 is 1.76 bits per heavy atom. The molecule has 0 aromatic carbocycles. The molecule has 1 N–H and O–H groups in total. The van der Waals surface area contributed by atoms with Crippen molar-refractivity contribution in [2.24, 2.45) is 0 Å². The van der Waals surface area contributed by atoms with E-state index in [0.717, 1.165) is 29.6 Å². The summed E-state index contributed by atoms with van der Waals surface area (Å²) in [6.07, 6.45) is 3.72. The lowest BCUT2D eigenvalue weighted by atomic mass is 10.1. The van der Waals surface area contributed by atoms with Crippen molar-refractivity contribution >= 4 is 11.6 Å². The van der Waals surface area contributed by atoms with Crippen molar-refractivity contribution in [1.82, 2.24) is 9.97 Å². The van der Waals surface area contributed by atoms with E-state index in [9.17, 15) is 0 Å². The van der Waals surface area contributed by atoms with Crippen molar-refractivity contribution in [3.8, 4) is 0 Å².